The number of benzene rings is 1. The van der Waals surface area contributed by atoms with Gasteiger partial charge in [0, 0.05) is 5.69 Å². The maximum atomic E-state index is 10.7. The monoisotopic (exact) mass is 246 g/mol. The van der Waals surface area contributed by atoms with Crippen molar-refractivity contribution in [1.82, 2.24) is 14.8 Å². The van der Waals surface area contributed by atoms with E-state index in [1.54, 1.807) is 17.9 Å². The van der Waals surface area contributed by atoms with Gasteiger partial charge in [-0.2, -0.15) is 5.10 Å². The molecule has 1 heterocycles. The van der Waals surface area contributed by atoms with Gasteiger partial charge >= 0.3 is 5.97 Å². The third-order valence-electron chi connectivity index (χ3n) is 2.52. The molecule has 0 saturated heterocycles. The van der Waals surface area contributed by atoms with Gasteiger partial charge in [-0.15, -0.1) is 0 Å². The number of rotatable bonds is 5. The van der Waals surface area contributed by atoms with Crippen LogP contribution in [0.25, 0.3) is 0 Å². The fourth-order valence-electron chi connectivity index (χ4n) is 1.52. The van der Waals surface area contributed by atoms with Crippen LogP contribution in [-0.4, -0.2) is 31.9 Å². The van der Waals surface area contributed by atoms with Crippen molar-refractivity contribution in [1.29, 1.82) is 0 Å². The molecule has 0 spiro atoms. The molecular weight excluding hydrogens is 232 g/mol. The molecule has 0 bridgehead atoms. The summed E-state index contributed by atoms with van der Waals surface area (Å²) < 4.78 is 1.72. The van der Waals surface area contributed by atoms with Crippen molar-refractivity contribution >= 4 is 11.7 Å². The van der Waals surface area contributed by atoms with E-state index in [1.165, 1.54) is 6.33 Å². The first-order chi connectivity index (χ1) is 8.65. The second kappa shape index (κ2) is 5.31. The zero-order valence-corrected chi connectivity index (χ0v) is 9.95. The van der Waals surface area contributed by atoms with Crippen LogP contribution in [0.1, 0.15) is 12.5 Å². The molecule has 0 saturated carbocycles. The van der Waals surface area contributed by atoms with Crippen molar-refractivity contribution in [2.24, 2.45) is 0 Å². The van der Waals surface area contributed by atoms with Crippen LogP contribution in [0.2, 0.25) is 0 Å². The SMILES string of the molecule is CC(Nc1ccc(Cn2cncn2)cc1)C(=O)O. The molecule has 0 amide bonds. The quantitative estimate of drug-likeness (QED) is 0.829. The van der Waals surface area contributed by atoms with Gasteiger partial charge in [-0.3, -0.25) is 4.79 Å². The zero-order chi connectivity index (χ0) is 13.0. The number of hydrogen-bond donors (Lipinski definition) is 2. The zero-order valence-electron chi connectivity index (χ0n) is 9.95. The predicted octanol–water partition coefficient (Wildman–Crippen LogP) is 1.21. The molecule has 0 aliphatic heterocycles. The Morgan fingerprint density at radius 2 is 2.17 bits per heavy atom. The second-order valence-corrected chi connectivity index (χ2v) is 3.99. The Hall–Kier alpha value is -2.37. The van der Waals surface area contributed by atoms with Gasteiger partial charge in [0.1, 0.15) is 18.7 Å². The third-order valence-corrected chi connectivity index (χ3v) is 2.52. The van der Waals surface area contributed by atoms with E-state index < -0.39 is 12.0 Å². The number of carboxylic acid groups (broad SMARTS) is 1. The molecular formula is C12H14N4O2. The predicted molar refractivity (Wildman–Crippen MR) is 66.3 cm³/mol. The Morgan fingerprint density at radius 3 is 2.72 bits per heavy atom. The van der Waals surface area contributed by atoms with Crippen molar-refractivity contribution in [3.63, 3.8) is 0 Å². The molecule has 1 atom stereocenters. The number of nitrogens with zero attached hydrogens (tertiary/aromatic N) is 3. The molecule has 2 aromatic rings. The third kappa shape index (κ3) is 3.07. The molecule has 2 rings (SSSR count). The summed E-state index contributed by atoms with van der Waals surface area (Å²) in [6.07, 6.45) is 3.14. The van der Waals surface area contributed by atoms with E-state index in [0.717, 1.165) is 11.3 Å². The maximum Gasteiger partial charge on any atom is 0.325 e. The average Bonchev–Trinajstić information content (AvgIpc) is 2.84. The van der Waals surface area contributed by atoms with Crippen molar-refractivity contribution in [3.8, 4) is 0 Å². The van der Waals surface area contributed by atoms with Gasteiger partial charge in [-0.05, 0) is 24.6 Å². The van der Waals surface area contributed by atoms with Crippen LogP contribution in [0, 0.1) is 0 Å². The first-order valence-corrected chi connectivity index (χ1v) is 5.56. The lowest BCUT2D eigenvalue weighted by atomic mass is 10.2. The highest BCUT2D eigenvalue weighted by atomic mass is 16.4. The second-order valence-electron chi connectivity index (χ2n) is 3.99. The van der Waals surface area contributed by atoms with Crippen LogP contribution in [0.5, 0.6) is 0 Å². The summed E-state index contributed by atoms with van der Waals surface area (Å²) in [7, 11) is 0. The van der Waals surface area contributed by atoms with Gasteiger partial charge in [0.05, 0.1) is 6.54 Å². The van der Waals surface area contributed by atoms with Crippen LogP contribution in [-0.2, 0) is 11.3 Å². The van der Waals surface area contributed by atoms with Gasteiger partial charge in [0.15, 0.2) is 0 Å². The summed E-state index contributed by atoms with van der Waals surface area (Å²) in [6, 6.07) is 6.96. The molecule has 6 nitrogen and oxygen atoms in total. The molecule has 1 aromatic heterocycles. The highest BCUT2D eigenvalue weighted by Gasteiger charge is 2.09. The van der Waals surface area contributed by atoms with Crippen molar-refractivity contribution < 1.29 is 9.90 Å². The van der Waals surface area contributed by atoms with Crippen LogP contribution in [0.3, 0.4) is 0 Å². The minimum absolute atomic E-state index is 0.605. The molecule has 0 aliphatic carbocycles. The van der Waals surface area contributed by atoms with E-state index in [1.807, 2.05) is 24.3 Å². The normalized spacial score (nSPS) is 12.1. The van der Waals surface area contributed by atoms with Gasteiger partial charge in [0.25, 0.3) is 0 Å². The topological polar surface area (TPSA) is 80.0 Å². The first-order valence-electron chi connectivity index (χ1n) is 5.56. The highest BCUT2D eigenvalue weighted by Crippen LogP contribution is 2.11. The van der Waals surface area contributed by atoms with E-state index in [2.05, 4.69) is 15.4 Å². The molecule has 6 heteroatoms. The lowest BCUT2D eigenvalue weighted by molar-refractivity contribution is -0.137. The van der Waals surface area contributed by atoms with E-state index in [-0.39, 0.29) is 0 Å². The minimum Gasteiger partial charge on any atom is -0.480 e. The van der Waals surface area contributed by atoms with Gasteiger partial charge in [0.2, 0.25) is 0 Å². The molecule has 0 fully saturated rings. The fraction of sp³-hybridized carbons (Fsp3) is 0.250. The Bertz CT molecular complexity index is 507. The van der Waals surface area contributed by atoms with E-state index in [4.69, 9.17) is 5.11 Å². The van der Waals surface area contributed by atoms with Crippen molar-refractivity contribution in [3.05, 3.63) is 42.5 Å². The summed E-state index contributed by atoms with van der Waals surface area (Å²) in [5.41, 5.74) is 1.86. The Balaban J connectivity index is 1.99. The summed E-state index contributed by atoms with van der Waals surface area (Å²) in [5.74, 6) is -0.873. The van der Waals surface area contributed by atoms with E-state index in [9.17, 15) is 4.79 Å². The number of anilines is 1. The number of carboxylic acids is 1. The van der Waals surface area contributed by atoms with Gasteiger partial charge < -0.3 is 10.4 Å². The maximum absolute atomic E-state index is 10.7. The van der Waals surface area contributed by atoms with E-state index in [0.29, 0.717) is 6.54 Å². The first kappa shape index (κ1) is 12.1. The molecule has 0 aliphatic rings. The molecule has 1 unspecified atom stereocenters. The highest BCUT2D eigenvalue weighted by molar-refractivity contribution is 5.76. The Morgan fingerprint density at radius 1 is 1.44 bits per heavy atom. The van der Waals surface area contributed by atoms with Crippen LogP contribution in [0.15, 0.2) is 36.9 Å². The summed E-state index contributed by atoms with van der Waals surface area (Å²) >= 11 is 0. The summed E-state index contributed by atoms with van der Waals surface area (Å²) in [5, 5.41) is 15.7. The van der Waals surface area contributed by atoms with Crippen LogP contribution >= 0.6 is 0 Å². The lowest BCUT2D eigenvalue weighted by Gasteiger charge is -2.11. The molecule has 2 N–H and O–H groups in total. The Labute approximate surface area is 104 Å². The number of hydrogen-bond acceptors (Lipinski definition) is 4. The number of nitrogens with one attached hydrogen (secondary N) is 1. The van der Waals surface area contributed by atoms with Crippen LogP contribution in [0.4, 0.5) is 5.69 Å². The van der Waals surface area contributed by atoms with Crippen LogP contribution < -0.4 is 5.32 Å². The lowest BCUT2D eigenvalue weighted by Crippen LogP contribution is -2.25. The standard InChI is InChI=1S/C12H14N4O2/c1-9(12(17)18)15-11-4-2-10(3-5-11)6-16-8-13-7-14-16/h2-5,7-9,15H,6H2,1H3,(H,17,18). The molecule has 94 valence electrons. The number of aromatic nitrogens is 3. The van der Waals surface area contributed by atoms with Crippen molar-refractivity contribution in [2.45, 2.75) is 19.5 Å². The average molecular weight is 246 g/mol. The Kier molecular flexibility index (Phi) is 3.57. The largest absolute Gasteiger partial charge is 0.480 e. The summed E-state index contributed by atoms with van der Waals surface area (Å²) in [6.45, 7) is 2.25. The fourth-order valence-corrected chi connectivity index (χ4v) is 1.52. The number of carbonyl (C=O) groups is 1. The molecule has 18 heavy (non-hydrogen) atoms. The molecule has 0 radical (unpaired) electrons. The van der Waals surface area contributed by atoms with E-state index >= 15 is 0 Å². The van der Waals surface area contributed by atoms with Gasteiger partial charge in [-0.25, -0.2) is 9.67 Å². The minimum atomic E-state index is -0.873. The molecule has 1 aromatic carbocycles. The summed E-state index contributed by atoms with van der Waals surface area (Å²) in [4.78, 5) is 14.6. The van der Waals surface area contributed by atoms with Crippen molar-refractivity contribution in [2.75, 3.05) is 5.32 Å². The smallest absolute Gasteiger partial charge is 0.325 e. The van der Waals surface area contributed by atoms with Gasteiger partial charge in [-0.1, -0.05) is 12.1 Å². The number of aliphatic carboxylic acids is 1.